The minimum absolute atomic E-state index is 0.0691. The van der Waals surface area contributed by atoms with E-state index in [4.69, 9.17) is 27.9 Å². The fraction of sp³-hybridized carbons (Fsp3) is 0.600. The molecule has 0 saturated heterocycles. The molecule has 4 heteroatoms. The Morgan fingerprint density at radius 3 is 2.58 bits per heavy atom. The third kappa shape index (κ3) is 3.08. The van der Waals surface area contributed by atoms with Crippen LogP contribution >= 0.6 is 23.2 Å². The lowest BCUT2D eigenvalue weighted by atomic mass is 9.87. The fourth-order valence-corrected chi connectivity index (χ4v) is 3.54. The van der Waals surface area contributed by atoms with Crippen LogP contribution in [0, 0.1) is 0 Å². The van der Waals surface area contributed by atoms with E-state index in [-0.39, 0.29) is 11.6 Å². The number of nitrogens with one attached hydrogen (secondary N) is 1. The van der Waals surface area contributed by atoms with Crippen molar-refractivity contribution in [2.24, 2.45) is 0 Å². The lowest BCUT2D eigenvalue weighted by Crippen LogP contribution is -2.50. The van der Waals surface area contributed by atoms with E-state index in [1.165, 1.54) is 12.8 Å². The zero-order valence-corrected chi connectivity index (χ0v) is 13.0. The van der Waals surface area contributed by atoms with E-state index in [0.29, 0.717) is 10.0 Å². The molecule has 106 valence electrons. The molecular formula is C15H21Cl2NO. The van der Waals surface area contributed by atoms with Crippen LogP contribution in [0.2, 0.25) is 10.0 Å². The van der Waals surface area contributed by atoms with Crippen LogP contribution in [0.4, 0.5) is 0 Å². The Balaban J connectivity index is 2.21. The molecule has 0 amide bonds. The van der Waals surface area contributed by atoms with Crippen LogP contribution in [-0.2, 0) is 11.2 Å². The van der Waals surface area contributed by atoms with E-state index in [9.17, 15) is 0 Å². The normalized spacial score (nSPS) is 19.6. The number of methoxy groups -OCH3 is 1. The molecule has 1 aromatic carbocycles. The van der Waals surface area contributed by atoms with Gasteiger partial charge in [0.25, 0.3) is 0 Å². The Hall–Kier alpha value is -0.280. The van der Waals surface area contributed by atoms with Crippen LogP contribution in [0.25, 0.3) is 0 Å². The zero-order chi connectivity index (χ0) is 13.9. The van der Waals surface area contributed by atoms with Gasteiger partial charge < -0.3 is 10.1 Å². The second kappa shape index (κ2) is 6.45. The summed E-state index contributed by atoms with van der Waals surface area (Å²) in [6.45, 7) is 0. The van der Waals surface area contributed by atoms with Crippen molar-refractivity contribution < 1.29 is 4.74 Å². The lowest BCUT2D eigenvalue weighted by Gasteiger charge is -2.36. The summed E-state index contributed by atoms with van der Waals surface area (Å²) in [5.74, 6) is 0. The molecule has 2 rings (SSSR count). The van der Waals surface area contributed by atoms with Gasteiger partial charge in [-0.2, -0.15) is 0 Å². The third-order valence-corrected chi connectivity index (χ3v) is 5.15. The van der Waals surface area contributed by atoms with Gasteiger partial charge in [-0.05, 0) is 37.9 Å². The largest absolute Gasteiger partial charge is 0.377 e. The molecule has 0 aromatic heterocycles. The van der Waals surface area contributed by atoms with Crippen LogP contribution in [0.5, 0.6) is 0 Å². The molecule has 1 unspecified atom stereocenters. The molecule has 0 spiro atoms. The Morgan fingerprint density at radius 1 is 1.32 bits per heavy atom. The molecule has 0 bridgehead atoms. The van der Waals surface area contributed by atoms with E-state index in [1.54, 1.807) is 0 Å². The molecule has 19 heavy (non-hydrogen) atoms. The van der Waals surface area contributed by atoms with Crippen molar-refractivity contribution in [2.75, 3.05) is 14.2 Å². The van der Waals surface area contributed by atoms with Gasteiger partial charge >= 0.3 is 0 Å². The zero-order valence-electron chi connectivity index (χ0n) is 11.5. The quantitative estimate of drug-likeness (QED) is 0.885. The number of rotatable bonds is 5. The van der Waals surface area contributed by atoms with Crippen molar-refractivity contribution in [1.82, 2.24) is 5.32 Å². The standard InChI is InChI=1S/C15H21Cl2NO/c1-18-13(15(19-2)8-3-4-9-15)10-11-6-5-7-12(16)14(11)17/h5-7,13,18H,3-4,8-10H2,1-2H3. The van der Waals surface area contributed by atoms with E-state index >= 15 is 0 Å². The summed E-state index contributed by atoms with van der Waals surface area (Å²) in [6.07, 6.45) is 5.51. The maximum absolute atomic E-state index is 6.29. The average Bonchev–Trinajstić information content (AvgIpc) is 2.90. The van der Waals surface area contributed by atoms with Crippen molar-refractivity contribution >= 4 is 23.2 Å². The van der Waals surface area contributed by atoms with Crippen molar-refractivity contribution in [3.8, 4) is 0 Å². The number of hydrogen-bond acceptors (Lipinski definition) is 2. The van der Waals surface area contributed by atoms with Crippen molar-refractivity contribution in [1.29, 1.82) is 0 Å². The fourth-order valence-electron chi connectivity index (χ4n) is 3.15. The summed E-state index contributed by atoms with van der Waals surface area (Å²) in [7, 11) is 3.80. The Bertz CT molecular complexity index is 430. The molecule has 1 aliphatic carbocycles. The molecule has 0 heterocycles. The van der Waals surface area contributed by atoms with Gasteiger partial charge in [0.2, 0.25) is 0 Å². The molecular weight excluding hydrogens is 281 g/mol. The summed E-state index contributed by atoms with van der Waals surface area (Å²) in [5.41, 5.74) is 1.01. The van der Waals surface area contributed by atoms with Crippen LogP contribution in [0.3, 0.4) is 0 Å². The van der Waals surface area contributed by atoms with Gasteiger partial charge in [0.1, 0.15) is 0 Å². The minimum atomic E-state index is -0.0691. The molecule has 1 aliphatic rings. The first-order valence-corrected chi connectivity index (χ1v) is 7.54. The predicted molar refractivity (Wildman–Crippen MR) is 81.2 cm³/mol. The summed E-state index contributed by atoms with van der Waals surface area (Å²) in [5, 5.41) is 4.68. The molecule has 1 saturated carbocycles. The molecule has 1 N–H and O–H groups in total. The van der Waals surface area contributed by atoms with Gasteiger partial charge in [-0.25, -0.2) is 0 Å². The van der Waals surface area contributed by atoms with Gasteiger partial charge in [-0.15, -0.1) is 0 Å². The maximum Gasteiger partial charge on any atom is 0.0834 e. The second-order valence-electron chi connectivity index (χ2n) is 5.23. The number of ether oxygens (including phenoxy) is 1. The molecule has 1 fully saturated rings. The van der Waals surface area contributed by atoms with E-state index in [2.05, 4.69) is 5.32 Å². The number of benzene rings is 1. The summed E-state index contributed by atoms with van der Waals surface area (Å²) in [6, 6.07) is 6.07. The van der Waals surface area contributed by atoms with Gasteiger partial charge in [-0.1, -0.05) is 48.2 Å². The van der Waals surface area contributed by atoms with E-state index < -0.39 is 0 Å². The Kier molecular flexibility index (Phi) is 5.13. The van der Waals surface area contributed by atoms with Crippen LogP contribution in [-0.4, -0.2) is 25.8 Å². The topological polar surface area (TPSA) is 21.3 Å². The minimum Gasteiger partial charge on any atom is -0.377 e. The van der Waals surface area contributed by atoms with Gasteiger partial charge in [-0.3, -0.25) is 0 Å². The lowest BCUT2D eigenvalue weighted by molar-refractivity contribution is -0.0336. The van der Waals surface area contributed by atoms with Gasteiger partial charge in [0, 0.05) is 13.2 Å². The molecule has 1 atom stereocenters. The average molecular weight is 302 g/mol. The van der Waals surface area contributed by atoms with E-state index in [0.717, 1.165) is 24.8 Å². The van der Waals surface area contributed by atoms with Gasteiger partial charge in [0.05, 0.1) is 15.6 Å². The second-order valence-corrected chi connectivity index (χ2v) is 6.02. The third-order valence-electron chi connectivity index (χ3n) is 4.30. The first-order chi connectivity index (χ1) is 9.13. The molecule has 0 aliphatic heterocycles. The number of halogens is 2. The van der Waals surface area contributed by atoms with Gasteiger partial charge in [0.15, 0.2) is 0 Å². The highest BCUT2D eigenvalue weighted by molar-refractivity contribution is 6.42. The smallest absolute Gasteiger partial charge is 0.0834 e. The molecule has 0 radical (unpaired) electrons. The highest BCUT2D eigenvalue weighted by atomic mass is 35.5. The first-order valence-electron chi connectivity index (χ1n) is 6.78. The summed E-state index contributed by atoms with van der Waals surface area (Å²) >= 11 is 12.4. The number of likely N-dealkylation sites (N-methyl/N-ethyl adjacent to an activating group) is 1. The Morgan fingerprint density at radius 2 is 2.00 bits per heavy atom. The van der Waals surface area contributed by atoms with Crippen molar-refractivity contribution in [3.63, 3.8) is 0 Å². The SMILES string of the molecule is CNC(Cc1cccc(Cl)c1Cl)C1(OC)CCCC1. The Labute approximate surface area is 125 Å². The van der Waals surface area contributed by atoms with Crippen molar-refractivity contribution in [3.05, 3.63) is 33.8 Å². The van der Waals surface area contributed by atoms with Crippen molar-refractivity contribution in [2.45, 2.75) is 43.7 Å². The van der Waals surface area contributed by atoms with Crippen LogP contribution < -0.4 is 5.32 Å². The molecule has 1 aromatic rings. The summed E-state index contributed by atoms with van der Waals surface area (Å²) < 4.78 is 5.86. The number of hydrogen-bond donors (Lipinski definition) is 1. The summed E-state index contributed by atoms with van der Waals surface area (Å²) in [4.78, 5) is 0. The highest BCUT2D eigenvalue weighted by Gasteiger charge is 2.41. The van der Waals surface area contributed by atoms with E-state index in [1.807, 2.05) is 32.4 Å². The predicted octanol–water partition coefficient (Wildman–Crippen LogP) is 4.08. The molecule has 2 nitrogen and oxygen atoms in total. The maximum atomic E-state index is 6.29. The highest BCUT2D eigenvalue weighted by Crippen LogP contribution is 2.38. The monoisotopic (exact) mass is 301 g/mol. The van der Waals surface area contributed by atoms with Crippen LogP contribution in [0.1, 0.15) is 31.2 Å². The first kappa shape index (κ1) is 15.1. The van der Waals surface area contributed by atoms with Crippen LogP contribution in [0.15, 0.2) is 18.2 Å².